The van der Waals surface area contributed by atoms with Crippen LogP contribution in [0.1, 0.15) is 33.4 Å². The summed E-state index contributed by atoms with van der Waals surface area (Å²) in [5.41, 5.74) is 5.12. The van der Waals surface area contributed by atoms with Gasteiger partial charge >= 0.3 is 19.8 Å². The predicted octanol–water partition coefficient (Wildman–Crippen LogP) is 1.74. The summed E-state index contributed by atoms with van der Waals surface area (Å²) in [7, 11) is -3.06. The van der Waals surface area contributed by atoms with Gasteiger partial charge in [-0.1, -0.05) is 37.2 Å². The number of benzene rings is 1. The Morgan fingerprint density at radius 3 is 2.60 bits per heavy atom. The van der Waals surface area contributed by atoms with Crippen molar-refractivity contribution in [3.8, 4) is 5.75 Å². The highest BCUT2D eigenvalue weighted by Gasteiger charge is 2.58. The smallest absolute Gasteiger partial charge is 0.465 e. The number of esters is 1. The number of nitrogens with zero attached hydrogens (tertiary/aromatic N) is 5. The Labute approximate surface area is 228 Å². The van der Waals surface area contributed by atoms with Gasteiger partial charge in [0.15, 0.2) is 18.0 Å². The van der Waals surface area contributed by atoms with E-state index in [9.17, 15) is 34.7 Å². The molecule has 1 fully saturated rings. The first-order valence-electron chi connectivity index (χ1n) is 12.2. The zero-order valence-corrected chi connectivity index (χ0v) is 22.8. The van der Waals surface area contributed by atoms with Crippen molar-refractivity contribution < 1.29 is 38.4 Å². The topological polar surface area (TPSA) is 218 Å². The van der Waals surface area contributed by atoms with Crippen LogP contribution in [0.5, 0.6) is 5.75 Å². The molecule has 0 bridgehead atoms. The Kier molecular flexibility index (Phi) is 10.5. The molecule has 17 heteroatoms. The Morgan fingerprint density at radius 1 is 1.30 bits per heavy atom. The molecule has 2 heterocycles. The number of carbonyl (C=O) groups is 1. The minimum atomic E-state index is -3.06. The standard InChI is InChI=1S/C23H29N6O10P/c1-4-36-21(33)16(12-14(2)3)29(39-15-8-6-5-7-9-15)40(35)37-13-23(26-27-24)19(32)18(31)20(38-23)28-11-10-17(30)25-22(28)34/h5-11,14,16,18-20,31-32H,4,12-13H2,1-3H3/p+1/t16?,18-,19+,20-,23-/m1/s1. The van der Waals surface area contributed by atoms with E-state index in [1.54, 1.807) is 37.3 Å². The maximum Gasteiger partial charge on any atom is 0.653 e. The lowest BCUT2D eigenvalue weighted by atomic mass is 10.0. The number of hydroxylamine groups is 1. The molecule has 0 spiro atoms. The van der Waals surface area contributed by atoms with Crippen LogP contribution in [-0.4, -0.2) is 67.8 Å². The summed E-state index contributed by atoms with van der Waals surface area (Å²) in [5, 5.41) is 24.8. The number of H-pyrrole nitrogens is 1. The molecule has 6 atom stereocenters. The van der Waals surface area contributed by atoms with Crippen LogP contribution in [0.3, 0.4) is 0 Å². The van der Waals surface area contributed by atoms with E-state index in [0.717, 1.165) is 21.7 Å². The van der Waals surface area contributed by atoms with Crippen LogP contribution in [0, 0.1) is 5.92 Å². The van der Waals surface area contributed by atoms with Crippen LogP contribution >= 0.6 is 8.18 Å². The molecule has 3 rings (SSSR count). The van der Waals surface area contributed by atoms with Gasteiger partial charge in [0.1, 0.15) is 23.6 Å². The molecular formula is C23H30N6O10P+. The van der Waals surface area contributed by atoms with E-state index in [1.807, 2.05) is 18.8 Å². The average molecular weight is 581 g/mol. The molecule has 0 aliphatic carbocycles. The number of hydrogen-bond donors (Lipinski definition) is 3. The molecule has 0 saturated carbocycles. The molecule has 0 amide bonds. The number of azide groups is 1. The fourth-order valence-corrected chi connectivity index (χ4v) is 4.88. The van der Waals surface area contributed by atoms with Gasteiger partial charge < -0.3 is 24.5 Å². The van der Waals surface area contributed by atoms with Crippen molar-refractivity contribution in [3.05, 3.63) is 73.9 Å². The van der Waals surface area contributed by atoms with Crippen LogP contribution in [0.15, 0.2) is 57.3 Å². The second kappa shape index (κ2) is 13.6. The summed E-state index contributed by atoms with van der Waals surface area (Å²) in [6.45, 7) is 4.43. The number of para-hydroxylation sites is 1. The predicted molar refractivity (Wildman–Crippen MR) is 138 cm³/mol. The Balaban J connectivity index is 1.92. The normalized spacial score (nSPS) is 23.5. The minimum absolute atomic E-state index is 0.0493. The van der Waals surface area contributed by atoms with Crippen molar-refractivity contribution >= 4 is 14.1 Å². The Morgan fingerprint density at radius 2 is 2.00 bits per heavy atom. The van der Waals surface area contributed by atoms with E-state index in [1.165, 1.54) is 0 Å². The van der Waals surface area contributed by atoms with Crippen molar-refractivity contribution in [2.75, 3.05) is 13.2 Å². The van der Waals surface area contributed by atoms with Gasteiger partial charge in [0.05, 0.1) is 6.61 Å². The van der Waals surface area contributed by atoms with Crippen LogP contribution < -0.4 is 16.1 Å². The molecule has 1 aromatic heterocycles. The number of nitrogens with one attached hydrogen (secondary N) is 1. The molecule has 1 aliphatic heterocycles. The second-order valence-electron chi connectivity index (χ2n) is 9.11. The van der Waals surface area contributed by atoms with Gasteiger partial charge in [-0.3, -0.25) is 19.1 Å². The summed E-state index contributed by atoms with van der Waals surface area (Å²) in [4.78, 5) is 47.7. The van der Waals surface area contributed by atoms with Gasteiger partial charge in [-0.15, -0.1) is 4.52 Å². The van der Waals surface area contributed by atoms with Gasteiger partial charge in [-0.05, 0) is 41.5 Å². The molecule has 2 unspecified atom stereocenters. The highest BCUT2D eigenvalue weighted by molar-refractivity contribution is 7.36. The third kappa shape index (κ3) is 7.11. The fraction of sp³-hybridized carbons (Fsp3) is 0.522. The van der Waals surface area contributed by atoms with Gasteiger partial charge in [-0.2, -0.15) is 0 Å². The zero-order chi connectivity index (χ0) is 29.4. The maximum absolute atomic E-state index is 13.5. The molecule has 16 nitrogen and oxygen atoms in total. The van der Waals surface area contributed by atoms with E-state index in [-0.39, 0.29) is 24.7 Å². The summed E-state index contributed by atoms with van der Waals surface area (Å²) in [6.07, 6.45) is -4.24. The highest BCUT2D eigenvalue weighted by Crippen LogP contribution is 2.42. The van der Waals surface area contributed by atoms with Gasteiger partial charge in [0, 0.05) is 17.2 Å². The molecule has 1 aliphatic rings. The van der Waals surface area contributed by atoms with Crippen molar-refractivity contribution in [2.45, 2.75) is 57.4 Å². The number of aromatic nitrogens is 2. The second-order valence-corrected chi connectivity index (χ2v) is 10.2. The Bertz CT molecular complexity index is 1350. The maximum atomic E-state index is 13.5. The number of aliphatic hydroxyl groups excluding tert-OH is 2. The number of aromatic amines is 1. The molecule has 3 N–H and O–H groups in total. The van der Waals surface area contributed by atoms with Crippen LogP contribution in [0.2, 0.25) is 0 Å². The number of carbonyl (C=O) groups excluding carboxylic acids is 1. The Hall–Kier alpha value is -3.62. The van der Waals surface area contributed by atoms with Gasteiger partial charge in [-0.25, -0.2) is 4.79 Å². The van der Waals surface area contributed by atoms with Crippen molar-refractivity contribution in [2.24, 2.45) is 11.0 Å². The minimum Gasteiger partial charge on any atom is -0.465 e. The third-order valence-electron chi connectivity index (χ3n) is 5.75. The summed E-state index contributed by atoms with van der Waals surface area (Å²) in [6, 6.07) is 7.94. The van der Waals surface area contributed by atoms with E-state index in [0.29, 0.717) is 0 Å². The van der Waals surface area contributed by atoms with E-state index < -0.39 is 62.2 Å². The molecule has 40 heavy (non-hydrogen) atoms. The molecule has 1 aromatic carbocycles. The monoisotopic (exact) mass is 581 g/mol. The summed E-state index contributed by atoms with van der Waals surface area (Å²) >= 11 is 0. The van der Waals surface area contributed by atoms with E-state index in [4.69, 9.17) is 18.8 Å². The first-order valence-corrected chi connectivity index (χ1v) is 13.4. The van der Waals surface area contributed by atoms with Crippen LogP contribution in [-0.2, 0) is 23.4 Å². The molecule has 1 saturated heterocycles. The lowest BCUT2D eigenvalue weighted by Gasteiger charge is -2.25. The van der Waals surface area contributed by atoms with Crippen molar-refractivity contribution in [1.29, 1.82) is 0 Å². The lowest BCUT2D eigenvalue weighted by molar-refractivity contribution is -0.157. The summed E-state index contributed by atoms with van der Waals surface area (Å²) < 4.78 is 30.5. The van der Waals surface area contributed by atoms with E-state index in [2.05, 4.69) is 10.0 Å². The number of hydrogen-bond acceptors (Lipinski definition) is 11. The molecular weight excluding hydrogens is 551 g/mol. The number of rotatable bonds is 13. The molecule has 216 valence electrons. The van der Waals surface area contributed by atoms with Crippen molar-refractivity contribution in [3.63, 3.8) is 0 Å². The molecule has 2 aromatic rings. The van der Waals surface area contributed by atoms with Gasteiger partial charge in [0.25, 0.3) is 5.56 Å². The van der Waals surface area contributed by atoms with Crippen LogP contribution in [0.4, 0.5) is 0 Å². The van der Waals surface area contributed by atoms with Crippen molar-refractivity contribution in [1.82, 2.24) is 14.4 Å². The quantitative estimate of drug-likeness (QED) is 0.0772. The first kappa shape index (κ1) is 30.9. The van der Waals surface area contributed by atoms with Gasteiger partial charge in [0.2, 0.25) is 5.72 Å². The highest BCUT2D eigenvalue weighted by atomic mass is 31.1. The third-order valence-corrected chi connectivity index (χ3v) is 6.78. The summed E-state index contributed by atoms with van der Waals surface area (Å²) in [5.74, 6) is -0.572. The average Bonchev–Trinajstić information content (AvgIpc) is 3.15. The fourth-order valence-electron chi connectivity index (χ4n) is 3.89. The first-order chi connectivity index (χ1) is 19.0. The number of aliphatic hydroxyl groups is 2. The molecule has 0 radical (unpaired) electrons. The van der Waals surface area contributed by atoms with Crippen LogP contribution in [0.25, 0.3) is 10.4 Å². The van der Waals surface area contributed by atoms with E-state index >= 15 is 0 Å². The number of ether oxygens (including phenoxy) is 2. The lowest BCUT2D eigenvalue weighted by Crippen LogP contribution is -2.45. The zero-order valence-electron chi connectivity index (χ0n) is 21.9. The SMILES string of the molecule is CCOC(=O)C(CC(C)C)N(Oc1ccccc1)[P+](=O)OC[C@@]1(N=[N+]=[N-])O[C@@H](n2ccc(=O)[nH]c2=O)[C@H](O)[C@@H]1O. The largest absolute Gasteiger partial charge is 0.653 e.